The van der Waals surface area contributed by atoms with Crippen LogP contribution in [0.15, 0.2) is 114 Å². The van der Waals surface area contributed by atoms with Crippen LogP contribution in [0, 0.1) is 0 Å². The minimum Gasteiger partial charge on any atom is -0.457 e. The number of hydrogen-bond acceptors (Lipinski definition) is 6. The molecule has 0 fully saturated rings. The largest absolute Gasteiger partial charge is 0.457 e. The zero-order valence-corrected chi connectivity index (χ0v) is 20.5. The summed E-state index contributed by atoms with van der Waals surface area (Å²) in [6.45, 7) is 2.05. The van der Waals surface area contributed by atoms with Crippen molar-refractivity contribution in [2.24, 2.45) is 0 Å². The molecule has 0 unspecified atom stereocenters. The lowest BCUT2D eigenvalue weighted by Crippen LogP contribution is -2.43. The normalized spacial score (nSPS) is 10.9. The van der Waals surface area contributed by atoms with E-state index in [1.165, 1.54) is 24.3 Å². The van der Waals surface area contributed by atoms with Crippen molar-refractivity contribution in [2.75, 3.05) is 5.43 Å². The number of amides is 1. The molecule has 184 valence electrons. The summed E-state index contributed by atoms with van der Waals surface area (Å²) < 4.78 is 38.5. The van der Waals surface area contributed by atoms with Crippen LogP contribution in [0.1, 0.15) is 18.9 Å². The Morgan fingerprint density at radius 3 is 1.92 bits per heavy atom. The third-order valence-corrected chi connectivity index (χ3v) is 6.77. The molecule has 0 saturated heterocycles. The summed E-state index contributed by atoms with van der Waals surface area (Å²) in [7, 11) is -4.28. The van der Waals surface area contributed by atoms with E-state index in [9.17, 15) is 13.2 Å². The molecular weight excluding hydrogens is 476 g/mol. The fourth-order valence-corrected chi connectivity index (χ4v) is 4.55. The number of hydrogen-bond donors (Lipinski definition) is 1. The fraction of sp³-hybridized carbons (Fsp3) is 0.107. The molecule has 1 N–H and O–H groups in total. The maximum Gasteiger partial charge on any atom is 0.449 e. The highest BCUT2D eigenvalue weighted by atomic mass is 32.2. The zero-order chi connectivity index (χ0) is 25.4. The third kappa shape index (κ3) is 6.22. The molecule has 0 aliphatic heterocycles. The van der Waals surface area contributed by atoms with Crippen molar-refractivity contribution < 1.29 is 22.7 Å². The smallest absolute Gasteiger partial charge is 0.449 e. The van der Waals surface area contributed by atoms with Crippen molar-refractivity contribution in [1.82, 2.24) is 4.41 Å². The second-order valence-electron chi connectivity index (χ2n) is 7.90. The Balaban J connectivity index is 1.55. The Labute approximate surface area is 210 Å². The molecule has 0 heterocycles. The summed E-state index contributed by atoms with van der Waals surface area (Å²) in [6.07, 6.45) is 0.668. The van der Waals surface area contributed by atoms with E-state index >= 15 is 0 Å². The summed E-state index contributed by atoms with van der Waals surface area (Å²) in [6, 6.07) is 30.6. The maximum absolute atomic E-state index is 13.4. The molecule has 0 aliphatic carbocycles. The Bertz CT molecular complexity index is 1380. The SMILES string of the molecule is CCCc1ccc(S(=O)(=O)N(Nc2ccccc2)C(=O)Oc2ccc(Oc3ccccc3)cc2)cc1. The second kappa shape index (κ2) is 11.4. The van der Waals surface area contributed by atoms with Crippen LogP contribution in [0.4, 0.5) is 10.5 Å². The van der Waals surface area contributed by atoms with Gasteiger partial charge < -0.3 is 9.47 Å². The van der Waals surface area contributed by atoms with E-state index in [0.29, 0.717) is 21.6 Å². The molecule has 4 aromatic carbocycles. The average molecular weight is 503 g/mol. The van der Waals surface area contributed by atoms with Crippen molar-refractivity contribution in [3.05, 3.63) is 115 Å². The molecule has 0 radical (unpaired) electrons. The van der Waals surface area contributed by atoms with Crippen LogP contribution in [-0.4, -0.2) is 18.9 Å². The van der Waals surface area contributed by atoms with Gasteiger partial charge in [0, 0.05) is 0 Å². The van der Waals surface area contributed by atoms with Crippen LogP contribution in [0.2, 0.25) is 0 Å². The summed E-state index contributed by atoms with van der Waals surface area (Å²) in [4.78, 5) is 13.1. The molecule has 1 amide bonds. The average Bonchev–Trinajstić information content (AvgIpc) is 2.90. The first-order valence-electron chi connectivity index (χ1n) is 11.5. The predicted octanol–water partition coefficient (Wildman–Crippen LogP) is 6.65. The van der Waals surface area contributed by atoms with Gasteiger partial charge in [-0.3, -0.25) is 5.43 Å². The predicted molar refractivity (Wildman–Crippen MR) is 139 cm³/mol. The van der Waals surface area contributed by atoms with E-state index in [1.54, 1.807) is 54.6 Å². The highest BCUT2D eigenvalue weighted by molar-refractivity contribution is 7.89. The van der Waals surface area contributed by atoms with Gasteiger partial charge in [-0.15, -0.1) is 4.41 Å². The molecule has 0 atom stereocenters. The van der Waals surface area contributed by atoms with E-state index in [2.05, 4.69) is 5.43 Å². The van der Waals surface area contributed by atoms with Crippen molar-refractivity contribution in [1.29, 1.82) is 0 Å². The fourth-order valence-electron chi connectivity index (χ4n) is 3.40. The van der Waals surface area contributed by atoms with E-state index in [0.717, 1.165) is 18.4 Å². The lowest BCUT2D eigenvalue weighted by Gasteiger charge is -2.23. The number of rotatable bonds is 9. The van der Waals surface area contributed by atoms with Gasteiger partial charge in [-0.25, -0.2) is 4.79 Å². The number of benzene rings is 4. The topological polar surface area (TPSA) is 84.9 Å². The molecule has 8 heteroatoms. The highest BCUT2D eigenvalue weighted by Gasteiger charge is 2.32. The van der Waals surface area contributed by atoms with Gasteiger partial charge in [0.25, 0.3) is 10.0 Å². The number of hydrazine groups is 1. The van der Waals surface area contributed by atoms with Gasteiger partial charge in [-0.1, -0.05) is 61.9 Å². The molecule has 0 saturated carbocycles. The molecule has 36 heavy (non-hydrogen) atoms. The minimum absolute atomic E-state index is 0.0330. The number of carbonyl (C=O) groups excluding carboxylic acids is 1. The number of sulfonamides is 1. The Morgan fingerprint density at radius 2 is 1.31 bits per heavy atom. The van der Waals surface area contributed by atoms with Gasteiger partial charge in [0.05, 0.1) is 10.6 Å². The van der Waals surface area contributed by atoms with Gasteiger partial charge in [-0.2, -0.15) is 8.42 Å². The molecular formula is C28H26N2O5S. The quantitative estimate of drug-likeness (QED) is 0.258. The third-order valence-electron chi connectivity index (χ3n) is 5.18. The first-order valence-corrected chi connectivity index (χ1v) is 12.9. The molecule has 0 aromatic heterocycles. The van der Waals surface area contributed by atoms with Crippen molar-refractivity contribution in [3.8, 4) is 17.2 Å². The number of carbonyl (C=O) groups is 1. The number of aryl methyl sites for hydroxylation is 1. The van der Waals surface area contributed by atoms with Gasteiger partial charge in [0.2, 0.25) is 0 Å². The number of para-hydroxylation sites is 2. The van der Waals surface area contributed by atoms with Crippen LogP contribution in [-0.2, 0) is 16.4 Å². The van der Waals surface area contributed by atoms with Gasteiger partial charge >= 0.3 is 6.09 Å². The molecule has 0 spiro atoms. The molecule has 7 nitrogen and oxygen atoms in total. The van der Waals surface area contributed by atoms with Crippen molar-refractivity contribution >= 4 is 21.8 Å². The number of nitrogens with zero attached hydrogens (tertiary/aromatic N) is 1. The first kappa shape index (κ1) is 24.8. The van der Waals surface area contributed by atoms with E-state index in [1.807, 2.05) is 37.3 Å². The molecule has 4 aromatic rings. The summed E-state index contributed by atoms with van der Waals surface area (Å²) >= 11 is 0. The molecule has 4 rings (SSSR count). The van der Waals surface area contributed by atoms with Crippen molar-refractivity contribution in [2.45, 2.75) is 24.7 Å². The number of nitrogens with one attached hydrogen (secondary N) is 1. The Morgan fingerprint density at radius 1 is 0.750 bits per heavy atom. The van der Waals surface area contributed by atoms with Gasteiger partial charge in [-0.05, 0) is 72.6 Å². The number of ether oxygens (including phenoxy) is 2. The monoisotopic (exact) mass is 502 g/mol. The van der Waals surface area contributed by atoms with E-state index < -0.39 is 16.1 Å². The Kier molecular flexibility index (Phi) is 7.87. The second-order valence-corrected chi connectivity index (χ2v) is 9.68. The minimum atomic E-state index is -4.28. The van der Waals surface area contributed by atoms with E-state index in [-0.39, 0.29) is 10.6 Å². The van der Waals surface area contributed by atoms with Crippen LogP contribution in [0.25, 0.3) is 0 Å². The van der Waals surface area contributed by atoms with Gasteiger partial charge in [0.1, 0.15) is 17.2 Å². The zero-order valence-electron chi connectivity index (χ0n) is 19.7. The highest BCUT2D eigenvalue weighted by Crippen LogP contribution is 2.25. The molecule has 0 aliphatic rings. The molecule has 0 bridgehead atoms. The summed E-state index contributed by atoms with van der Waals surface area (Å²) in [5, 5.41) is 0. The van der Waals surface area contributed by atoms with E-state index in [4.69, 9.17) is 9.47 Å². The Hall–Kier alpha value is -4.30. The lowest BCUT2D eigenvalue weighted by molar-refractivity contribution is 0.184. The van der Waals surface area contributed by atoms with Crippen LogP contribution in [0.5, 0.6) is 17.2 Å². The van der Waals surface area contributed by atoms with Crippen LogP contribution in [0.3, 0.4) is 0 Å². The van der Waals surface area contributed by atoms with Gasteiger partial charge in [0.15, 0.2) is 0 Å². The maximum atomic E-state index is 13.4. The number of anilines is 1. The van der Waals surface area contributed by atoms with Crippen LogP contribution < -0.4 is 14.9 Å². The lowest BCUT2D eigenvalue weighted by atomic mass is 10.1. The van der Waals surface area contributed by atoms with Crippen molar-refractivity contribution in [3.63, 3.8) is 0 Å². The summed E-state index contributed by atoms with van der Waals surface area (Å²) in [5.41, 5.74) is 4.09. The van der Waals surface area contributed by atoms with Crippen LogP contribution >= 0.6 is 0 Å². The first-order chi connectivity index (χ1) is 17.5. The summed E-state index contributed by atoms with van der Waals surface area (Å²) in [5.74, 6) is 1.37. The standard InChI is InChI=1S/C28H26N2O5S/c1-2-9-22-14-20-27(21-15-22)36(32,33)30(29-23-10-5-3-6-11-23)28(31)35-26-18-16-25(17-19-26)34-24-12-7-4-8-13-24/h3-8,10-21,29H,2,9H2,1H3.